The molecule has 1 aliphatic rings. The lowest BCUT2D eigenvalue weighted by atomic mass is 10.1. The Hall–Kier alpha value is -0.730. The predicted molar refractivity (Wildman–Crippen MR) is 78.8 cm³/mol. The van der Waals surface area contributed by atoms with Gasteiger partial charge in [-0.05, 0) is 19.9 Å². The van der Waals surface area contributed by atoms with E-state index in [-0.39, 0.29) is 29.1 Å². The second kappa shape index (κ2) is 6.18. The molecule has 1 fully saturated rings. The summed E-state index contributed by atoms with van der Waals surface area (Å²) in [6, 6.07) is 1.40. The largest absolute Gasteiger partial charge is 0.382 e. The van der Waals surface area contributed by atoms with Crippen LogP contribution in [0.1, 0.15) is 13.8 Å². The maximum atomic E-state index is 12.7. The molecule has 1 saturated heterocycles. The first kappa shape index (κ1) is 16.6. The zero-order valence-electron chi connectivity index (χ0n) is 12.2. The fourth-order valence-corrected chi connectivity index (χ4v) is 4.23. The second-order valence-corrected chi connectivity index (χ2v) is 7.97. The van der Waals surface area contributed by atoms with Crippen molar-refractivity contribution in [2.45, 2.75) is 30.4 Å². The van der Waals surface area contributed by atoms with Gasteiger partial charge >= 0.3 is 0 Å². The number of morpholine rings is 1. The summed E-state index contributed by atoms with van der Waals surface area (Å²) in [5.41, 5.74) is -0.583. The minimum Gasteiger partial charge on any atom is -0.382 e. The molecule has 0 unspecified atom stereocenters. The van der Waals surface area contributed by atoms with Gasteiger partial charge in [0, 0.05) is 32.6 Å². The van der Waals surface area contributed by atoms with Gasteiger partial charge in [0.25, 0.3) is 0 Å². The van der Waals surface area contributed by atoms with Crippen LogP contribution in [0.3, 0.4) is 0 Å². The van der Waals surface area contributed by atoms with Gasteiger partial charge in [0.05, 0.1) is 23.3 Å². The van der Waals surface area contributed by atoms with E-state index in [4.69, 9.17) is 21.1 Å². The van der Waals surface area contributed by atoms with E-state index in [0.29, 0.717) is 6.61 Å². The third-order valence-electron chi connectivity index (χ3n) is 3.12. The summed E-state index contributed by atoms with van der Waals surface area (Å²) in [4.78, 5) is 3.93. The molecule has 118 valence electrons. The van der Waals surface area contributed by atoms with Crippen LogP contribution in [-0.2, 0) is 19.5 Å². The molecule has 1 aromatic heterocycles. The number of hydrogen-bond acceptors (Lipinski definition) is 5. The van der Waals surface area contributed by atoms with E-state index < -0.39 is 15.6 Å². The molecular formula is C13H19ClN2O4S. The van der Waals surface area contributed by atoms with Crippen molar-refractivity contribution in [1.29, 1.82) is 0 Å². The van der Waals surface area contributed by atoms with Crippen LogP contribution in [0.15, 0.2) is 23.4 Å². The molecule has 6 nitrogen and oxygen atoms in total. The minimum atomic E-state index is -3.66. The van der Waals surface area contributed by atoms with Gasteiger partial charge in [-0.2, -0.15) is 4.31 Å². The molecule has 0 radical (unpaired) electrons. The van der Waals surface area contributed by atoms with Crippen LogP contribution in [0.4, 0.5) is 0 Å². The quantitative estimate of drug-likeness (QED) is 0.835. The fourth-order valence-electron chi connectivity index (χ4n) is 2.38. The number of rotatable bonds is 4. The summed E-state index contributed by atoms with van der Waals surface area (Å²) >= 11 is 5.83. The first-order valence-corrected chi connectivity index (χ1v) is 8.34. The number of methoxy groups -OCH3 is 1. The molecular weight excluding hydrogens is 316 g/mol. The summed E-state index contributed by atoms with van der Waals surface area (Å²) in [5.74, 6) is 0. The van der Waals surface area contributed by atoms with Crippen molar-refractivity contribution in [2.75, 3.05) is 26.8 Å². The molecule has 0 saturated carbocycles. The van der Waals surface area contributed by atoms with Crippen LogP contribution in [0.5, 0.6) is 0 Å². The Balaban J connectivity index is 2.30. The number of hydrogen-bond donors (Lipinski definition) is 0. The molecule has 0 aliphatic carbocycles. The van der Waals surface area contributed by atoms with Crippen molar-refractivity contribution in [2.24, 2.45) is 0 Å². The van der Waals surface area contributed by atoms with Gasteiger partial charge in [-0.25, -0.2) is 8.42 Å². The average Bonchev–Trinajstić information content (AvgIpc) is 2.37. The van der Waals surface area contributed by atoms with E-state index in [1.165, 1.54) is 22.8 Å². The summed E-state index contributed by atoms with van der Waals surface area (Å²) in [5, 5.41) is 0.289. The zero-order chi connectivity index (χ0) is 15.7. The molecule has 1 atom stereocenters. The van der Waals surface area contributed by atoms with E-state index in [0.717, 1.165) is 0 Å². The zero-order valence-corrected chi connectivity index (χ0v) is 13.8. The number of sulfonamides is 1. The molecule has 0 bridgehead atoms. The monoisotopic (exact) mass is 334 g/mol. The number of pyridine rings is 1. The molecule has 1 aromatic rings. The highest BCUT2D eigenvalue weighted by atomic mass is 35.5. The molecule has 0 N–H and O–H groups in total. The Labute approximate surface area is 130 Å². The molecule has 2 heterocycles. The maximum Gasteiger partial charge on any atom is 0.244 e. The van der Waals surface area contributed by atoms with Crippen molar-refractivity contribution < 1.29 is 17.9 Å². The number of ether oxygens (including phenoxy) is 2. The normalized spacial score (nSPS) is 23.1. The number of aromatic nitrogens is 1. The highest BCUT2D eigenvalue weighted by Gasteiger charge is 2.39. The maximum absolute atomic E-state index is 12.7. The van der Waals surface area contributed by atoms with Crippen molar-refractivity contribution in [1.82, 2.24) is 9.29 Å². The SMILES string of the molecule is COC[C@@H]1CN(S(=O)(=O)c2cncc(Cl)c2)CC(C)(C)O1. The summed E-state index contributed by atoms with van der Waals surface area (Å²) in [6.45, 7) is 4.55. The van der Waals surface area contributed by atoms with Crippen molar-refractivity contribution in [3.8, 4) is 0 Å². The molecule has 8 heteroatoms. The molecule has 21 heavy (non-hydrogen) atoms. The van der Waals surface area contributed by atoms with Crippen molar-refractivity contribution in [3.05, 3.63) is 23.5 Å². The number of nitrogens with zero attached hydrogens (tertiary/aromatic N) is 2. The molecule has 1 aliphatic heterocycles. The van der Waals surface area contributed by atoms with Crippen LogP contribution in [0, 0.1) is 0 Å². The fraction of sp³-hybridized carbons (Fsp3) is 0.615. The second-order valence-electron chi connectivity index (χ2n) is 5.59. The van der Waals surface area contributed by atoms with Gasteiger partial charge in [0.1, 0.15) is 4.90 Å². The molecule has 2 rings (SSSR count). The Kier molecular flexibility index (Phi) is 4.89. The predicted octanol–water partition coefficient (Wildman–Crippen LogP) is 1.55. The van der Waals surface area contributed by atoms with Crippen LogP contribution in [0.2, 0.25) is 5.02 Å². The summed E-state index contributed by atoms with van der Waals surface area (Å²) in [6.07, 6.45) is 2.40. The Morgan fingerprint density at radius 2 is 2.24 bits per heavy atom. The standard InChI is InChI=1S/C13H19ClN2O4S/c1-13(2)9-16(7-11(20-13)8-19-3)21(17,18)12-4-10(14)5-15-6-12/h4-6,11H,7-9H2,1-3H3/t11-/m0/s1. The van der Waals surface area contributed by atoms with Crippen LogP contribution >= 0.6 is 11.6 Å². The smallest absolute Gasteiger partial charge is 0.244 e. The Morgan fingerprint density at radius 3 is 2.86 bits per heavy atom. The van der Waals surface area contributed by atoms with Crippen LogP contribution in [-0.4, -0.2) is 56.2 Å². The van der Waals surface area contributed by atoms with Gasteiger partial charge in [-0.3, -0.25) is 4.98 Å². The lowest BCUT2D eigenvalue weighted by Gasteiger charge is -2.41. The highest BCUT2D eigenvalue weighted by molar-refractivity contribution is 7.89. The first-order chi connectivity index (χ1) is 9.74. The van der Waals surface area contributed by atoms with E-state index in [1.807, 2.05) is 13.8 Å². The number of halogens is 1. The highest BCUT2D eigenvalue weighted by Crippen LogP contribution is 2.27. The van der Waals surface area contributed by atoms with E-state index in [1.54, 1.807) is 7.11 Å². The van der Waals surface area contributed by atoms with Gasteiger partial charge in [-0.15, -0.1) is 0 Å². The van der Waals surface area contributed by atoms with E-state index in [9.17, 15) is 8.42 Å². The van der Waals surface area contributed by atoms with Crippen molar-refractivity contribution >= 4 is 21.6 Å². The third kappa shape index (κ3) is 3.92. The first-order valence-electron chi connectivity index (χ1n) is 6.52. The molecule has 0 amide bonds. The van der Waals surface area contributed by atoms with Gasteiger partial charge < -0.3 is 9.47 Å². The van der Waals surface area contributed by atoms with E-state index >= 15 is 0 Å². The Morgan fingerprint density at radius 1 is 1.52 bits per heavy atom. The van der Waals surface area contributed by atoms with E-state index in [2.05, 4.69) is 4.98 Å². The third-order valence-corrected chi connectivity index (χ3v) is 5.10. The molecule has 0 spiro atoms. The van der Waals surface area contributed by atoms with Gasteiger partial charge in [0.15, 0.2) is 0 Å². The van der Waals surface area contributed by atoms with Crippen molar-refractivity contribution in [3.63, 3.8) is 0 Å². The molecule has 0 aromatic carbocycles. The lowest BCUT2D eigenvalue weighted by molar-refractivity contribution is -0.135. The Bertz CT molecular complexity index is 606. The average molecular weight is 335 g/mol. The minimum absolute atomic E-state index is 0.0869. The topological polar surface area (TPSA) is 68.7 Å². The summed E-state index contributed by atoms with van der Waals surface area (Å²) in [7, 11) is -2.10. The lowest BCUT2D eigenvalue weighted by Crippen LogP contribution is -2.55. The summed E-state index contributed by atoms with van der Waals surface area (Å²) < 4.78 is 37.7. The van der Waals surface area contributed by atoms with Gasteiger partial charge in [0.2, 0.25) is 10.0 Å². The van der Waals surface area contributed by atoms with Crippen LogP contribution < -0.4 is 0 Å². The van der Waals surface area contributed by atoms with Gasteiger partial charge in [-0.1, -0.05) is 11.6 Å². The van der Waals surface area contributed by atoms with Crippen LogP contribution in [0.25, 0.3) is 0 Å².